The summed E-state index contributed by atoms with van der Waals surface area (Å²) in [4.78, 5) is 19.7. The maximum absolute atomic E-state index is 13.7. The molecule has 0 spiro atoms. The van der Waals surface area contributed by atoms with Gasteiger partial charge in [0.1, 0.15) is 27.4 Å². The third-order valence-corrected chi connectivity index (χ3v) is 5.37. The third-order valence-electron chi connectivity index (χ3n) is 4.00. The summed E-state index contributed by atoms with van der Waals surface area (Å²) in [7, 11) is 0. The molecule has 5 N–H and O–H groups in total. The van der Waals surface area contributed by atoms with Gasteiger partial charge in [0.2, 0.25) is 0 Å². The van der Waals surface area contributed by atoms with E-state index in [4.69, 9.17) is 22.4 Å². The first-order chi connectivity index (χ1) is 13.4. The number of amides is 1. The molecule has 0 radical (unpaired) electrons. The maximum Gasteiger partial charge on any atom is 0.268 e. The van der Waals surface area contributed by atoms with Gasteiger partial charge in [0.15, 0.2) is 0 Å². The Morgan fingerprint density at radius 2 is 2.07 bits per heavy atom. The van der Waals surface area contributed by atoms with Crippen molar-refractivity contribution in [3.63, 3.8) is 0 Å². The van der Waals surface area contributed by atoms with Gasteiger partial charge in [0.05, 0.1) is 11.7 Å². The van der Waals surface area contributed by atoms with Crippen LogP contribution in [0.4, 0.5) is 8.78 Å². The highest BCUT2D eigenvalue weighted by molar-refractivity contribution is 7.09. The first kappa shape index (κ1) is 20.4. The molecule has 0 fully saturated rings. The highest BCUT2D eigenvalue weighted by Gasteiger charge is 2.19. The molecule has 148 valence electrons. The summed E-state index contributed by atoms with van der Waals surface area (Å²) in [5.74, 6) is -2.21. The van der Waals surface area contributed by atoms with Crippen LogP contribution in [0.1, 0.15) is 27.2 Å². The molecule has 10 heteroatoms. The largest absolute Gasteiger partial charge is 0.396 e. The molecule has 28 heavy (non-hydrogen) atoms. The summed E-state index contributed by atoms with van der Waals surface area (Å²) in [6.45, 7) is 0.124. The Morgan fingerprint density at radius 3 is 2.71 bits per heavy atom. The SMILES string of the molecule is NC[C@@H](NC(=O)c1ccc(-c2cc(F)c(Cl)c(F)c2)[nH]1)c1nc(CCO)cs1. The van der Waals surface area contributed by atoms with Crippen molar-refractivity contribution in [2.45, 2.75) is 12.5 Å². The average Bonchev–Trinajstić information content (AvgIpc) is 3.34. The Kier molecular flexibility index (Phi) is 6.40. The van der Waals surface area contributed by atoms with Crippen LogP contribution < -0.4 is 11.1 Å². The molecular formula is C18H17ClF2N4O2S. The Bertz CT molecular complexity index is 969. The van der Waals surface area contributed by atoms with E-state index >= 15 is 0 Å². The maximum atomic E-state index is 13.7. The number of nitrogens with one attached hydrogen (secondary N) is 2. The summed E-state index contributed by atoms with van der Waals surface area (Å²) >= 11 is 6.83. The fourth-order valence-corrected chi connectivity index (χ4v) is 3.60. The van der Waals surface area contributed by atoms with Crippen LogP contribution in [-0.2, 0) is 6.42 Å². The number of hydrogen-bond acceptors (Lipinski definition) is 5. The van der Waals surface area contributed by atoms with E-state index in [0.717, 1.165) is 17.8 Å². The van der Waals surface area contributed by atoms with Crippen LogP contribution in [0.15, 0.2) is 29.6 Å². The second-order valence-corrected chi connectivity index (χ2v) is 7.22. The molecule has 0 aliphatic rings. The van der Waals surface area contributed by atoms with Crippen molar-refractivity contribution < 1.29 is 18.7 Å². The predicted molar refractivity (Wildman–Crippen MR) is 103 cm³/mol. The number of thiazole rings is 1. The zero-order valence-corrected chi connectivity index (χ0v) is 16.1. The highest BCUT2D eigenvalue weighted by atomic mass is 35.5. The van der Waals surface area contributed by atoms with Crippen molar-refractivity contribution in [3.05, 3.63) is 62.7 Å². The highest BCUT2D eigenvalue weighted by Crippen LogP contribution is 2.27. The molecule has 0 saturated heterocycles. The molecule has 1 aromatic carbocycles. The van der Waals surface area contributed by atoms with Crippen molar-refractivity contribution in [1.29, 1.82) is 0 Å². The molecule has 0 unspecified atom stereocenters. The van der Waals surface area contributed by atoms with Crippen LogP contribution in [0.5, 0.6) is 0 Å². The first-order valence-corrected chi connectivity index (χ1v) is 9.58. The number of rotatable bonds is 7. The quantitative estimate of drug-likeness (QED) is 0.436. The summed E-state index contributed by atoms with van der Waals surface area (Å²) in [5.41, 5.74) is 7.27. The Balaban J connectivity index is 1.76. The lowest BCUT2D eigenvalue weighted by Crippen LogP contribution is -2.33. The van der Waals surface area contributed by atoms with Gasteiger partial charge in [0, 0.05) is 36.2 Å². The van der Waals surface area contributed by atoms with Crippen LogP contribution >= 0.6 is 22.9 Å². The molecule has 6 nitrogen and oxygen atoms in total. The molecule has 0 aliphatic heterocycles. The molecule has 2 aromatic heterocycles. The number of aromatic amines is 1. The molecular weight excluding hydrogens is 410 g/mol. The molecule has 0 aliphatic carbocycles. The minimum Gasteiger partial charge on any atom is -0.396 e. The van der Waals surface area contributed by atoms with Crippen molar-refractivity contribution in [1.82, 2.24) is 15.3 Å². The standard InChI is InChI=1S/C18H17ClF2N4O2S/c19-16-11(20)5-9(6-12(16)21)13-1-2-14(24-13)17(27)25-15(7-22)18-23-10(3-4-26)8-28-18/h1-2,5-6,8,15,24,26H,3-4,7,22H2,(H,25,27)/t15-/m1/s1. The zero-order valence-electron chi connectivity index (χ0n) is 14.5. The lowest BCUT2D eigenvalue weighted by atomic mass is 10.1. The van der Waals surface area contributed by atoms with Crippen LogP contribution in [0.3, 0.4) is 0 Å². The monoisotopic (exact) mass is 426 g/mol. The van der Waals surface area contributed by atoms with E-state index in [1.54, 1.807) is 5.38 Å². The molecule has 1 atom stereocenters. The van der Waals surface area contributed by atoms with Crippen molar-refractivity contribution in [2.24, 2.45) is 5.73 Å². The van der Waals surface area contributed by atoms with E-state index in [9.17, 15) is 13.6 Å². The number of aliphatic hydroxyl groups excluding tert-OH is 1. The number of H-pyrrole nitrogens is 1. The normalized spacial score (nSPS) is 12.2. The Labute approximate surface area is 168 Å². The van der Waals surface area contributed by atoms with Gasteiger partial charge in [-0.15, -0.1) is 11.3 Å². The van der Waals surface area contributed by atoms with E-state index in [2.05, 4.69) is 15.3 Å². The fraction of sp³-hybridized carbons (Fsp3) is 0.222. The number of halogens is 3. The van der Waals surface area contributed by atoms with Crippen LogP contribution in [0.2, 0.25) is 5.02 Å². The van der Waals surface area contributed by atoms with Gasteiger partial charge in [-0.05, 0) is 24.3 Å². The van der Waals surface area contributed by atoms with Crippen LogP contribution in [-0.4, -0.2) is 34.1 Å². The van der Waals surface area contributed by atoms with Crippen molar-refractivity contribution in [2.75, 3.05) is 13.2 Å². The predicted octanol–water partition coefficient (Wildman–Crippen LogP) is 3.03. The van der Waals surface area contributed by atoms with E-state index in [1.165, 1.54) is 23.5 Å². The van der Waals surface area contributed by atoms with Gasteiger partial charge in [-0.2, -0.15) is 0 Å². The number of aliphatic hydroxyl groups is 1. The zero-order chi connectivity index (χ0) is 20.3. The van der Waals surface area contributed by atoms with Gasteiger partial charge >= 0.3 is 0 Å². The van der Waals surface area contributed by atoms with E-state index in [0.29, 0.717) is 17.1 Å². The fourth-order valence-electron chi connectivity index (χ4n) is 2.58. The molecule has 0 bridgehead atoms. The van der Waals surface area contributed by atoms with Gasteiger partial charge in [0.25, 0.3) is 5.91 Å². The molecule has 0 saturated carbocycles. The Hall–Kier alpha value is -2.33. The minimum atomic E-state index is -0.886. The number of aromatic nitrogens is 2. The second kappa shape index (κ2) is 8.78. The van der Waals surface area contributed by atoms with Gasteiger partial charge in [-0.25, -0.2) is 13.8 Å². The number of hydrogen-bond donors (Lipinski definition) is 4. The van der Waals surface area contributed by atoms with Crippen molar-refractivity contribution in [3.8, 4) is 11.3 Å². The van der Waals surface area contributed by atoms with Crippen LogP contribution in [0.25, 0.3) is 11.3 Å². The topological polar surface area (TPSA) is 104 Å². The molecule has 3 aromatic rings. The Morgan fingerprint density at radius 1 is 1.36 bits per heavy atom. The molecule has 1 amide bonds. The van der Waals surface area contributed by atoms with Gasteiger partial charge in [-0.1, -0.05) is 11.6 Å². The summed E-state index contributed by atoms with van der Waals surface area (Å²) in [6.07, 6.45) is 0.427. The number of carbonyl (C=O) groups excluding carboxylic acids is 1. The molecule has 2 heterocycles. The number of benzene rings is 1. The lowest BCUT2D eigenvalue weighted by molar-refractivity contribution is 0.0933. The number of nitrogens with two attached hydrogens (primary N) is 1. The van der Waals surface area contributed by atoms with E-state index in [-0.39, 0.29) is 24.4 Å². The summed E-state index contributed by atoms with van der Waals surface area (Å²) < 4.78 is 27.3. The lowest BCUT2D eigenvalue weighted by Gasteiger charge is -2.13. The van der Waals surface area contributed by atoms with E-state index < -0.39 is 28.6 Å². The van der Waals surface area contributed by atoms with Gasteiger partial charge in [-0.3, -0.25) is 4.79 Å². The summed E-state index contributed by atoms with van der Waals surface area (Å²) in [6, 6.07) is 4.71. The summed E-state index contributed by atoms with van der Waals surface area (Å²) in [5, 5.41) is 13.6. The minimum absolute atomic E-state index is 0.0139. The second-order valence-electron chi connectivity index (χ2n) is 5.95. The average molecular weight is 427 g/mol. The smallest absolute Gasteiger partial charge is 0.268 e. The number of carbonyl (C=O) groups is 1. The third kappa shape index (κ3) is 4.39. The van der Waals surface area contributed by atoms with Gasteiger partial charge < -0.3 is 21.1 Å². The number of nitrogens with zero attached hydrogens (tertiary/aromatic N) is 1. The molecule has 3 rings (SSSR count). The van der Waals surface area contributed by atoms with E-state index in [1.807, 2.05) is 0 Å². The van der Waals surface area contributed by atoms with Crippen molar-refractivity contribution >= 4 is 28.8 Å². The first-order valence-electron chi connectivity index (χ1n) is 8.33. The van der Waals surface area contributed by atoms with Crippen LogP contribution in [0, 0.1) is 11.6 Å².